The van der Waals surface area contributed by atoms with Crippen LogP contribution in [-0.2, 0) is 48.5 Å². The Kier molecular flexibility index (Phi) is 29.3. The third-order valence-electron chi connectivity index (χ3n) is 14.3. The van der Waals surface area contributed by atoms with Crippen LogP contribution in [0.3, 0.4) is 0 Å². The van der Waals surface area contributed by atoms with Gasteiger partial charge in [-0.05, 0) is 27.7 Å². The molecule has 2 aliphatic rings. The normalized spacial score (nSPS) is 13.5. The Morgan fingerprint density at radius 1 is 0.366 bits per heavy atom. The number of hydrogen-bond donors (Lipinski definition) is 0. The van der Waals surface area contributed by atoms with Crippen LogP contribution in [0.1, 0.15) is 124 Å². The Hall–Kier alpha value is -5.45. The molecule has 2 atom stereocenters. The van der Waals surface area contributed by atoms with Crippen LogP contribution in [-0.4, -0.2) is 6.41 Å². The average Bonchev–Trinajstić information content (AvgIpc) is 4.44. The maximum atomic E-state index is 3.50. The monoisotopic (exact) mass is 1270 g/mol. The SMILES string of the molecule is CCCC1=[C-]C(CCC)C=C1.CCCC1=[C-]C(CCC)C=C1.Cc1ccc2c(c1)[cH-]c1cc(C)ccc12.Cc1ccc2c(c1)[cH-]c1cc(C)ccc12.[Cl-].[Cl-].[Zr+2]=[C](c1ccccc1)c1ccccc1.[Zr+2]=[C](c1ccccc1)c1ccccc1. The van der Waals surface area contributed by atoms with Crippen LogP contribution in [0.15, 0.2) is 242 Å². The second-order valence-corrected chi connectivity index (χ2v) is 23.7. The van der Waals surface area contributed by atoms with Crippen LogP contribution in [0.4, 0.5) is 0 Å². The summed E-state index contributed by atoms with van der Waals surface area (Å²) in [5.41, 5.74) is 13.5. The van der Waals surface area contributed by atoms with Gasteiger partial charge in [0.05, 0.1) is 0 Å². The summed E-state index contributed by atoms with van der Waals surface area (Å²) in [6.45, 7) is 17.5. The first-order valence-electron chi connectivity index (χ1n) is 29.1. The number of allylic oxidation sites excluding steroid dienone is 8. The molecule has 12 rings (SSSR count). The Morgan fingerprint density at radius 2 is 0.622 bits per heavy atom. The first-order chi connectivity index (χ1) is 39.0. The summed E-state index contributed by atoms with van der Waals surface area (Å²) < 4.78 is 2.83. The first kappa shape index (κ1) is 67.3. The molecule has 0 aromatic heterocycles. The summed E-state index contributed by atoms with van der Waals surface area (Å²) in [7, 11) is 0. The Bertz CT molecular complexity index is 3230. The van der Waals surface area contributed by atoms with Gasteiger partial charge in [0.25, 0.3) is 0 Å². The predicted octanol–water partition coefficient (Wildman–Crippen LogP) is 15.3. The van der Waals surface area contributed by atoms with Crippen molar-refractivity contribution in [2.24, 2.45) is 11.8 Å². The van der Waals surface area contributed by atoms with E-state index >= 15 is 0 Å². The minimum absolute atomic E-state index is 0. The van der Waals surface area contributed by atoms with E-state index in [1.165, 1.54) is 205 Å². The van der Waals surface area contributed by atoms with Crippen molar-refractivity contribution in [1.82, 2.24) is 0 Å². The van der Waals surface area contributed by atoms with Gasteiger partial charge in [-0.25, -0.2) is 23.3 Å². The van der Waals surface area contributed by atoms with E-state index in [0.717, 1.165) is 0 Å². The summed E-state index contributed by atoms with van der Waals surface area (Å²) in [6.07, 6.45) is 26.0. The molecule has 82 heavy (non-hydrogen) atoms. The van der Waals surface area contributed by atoms with Gasteiger partial charge in [-0.15, -0.1) is 79.5 Å². The van der Waals surface area contributed by atoms with Crippen molar-refractivity contribution in [1.29, 1.82) is 0 Å². The molecule has 0 spiro atoms. The molecule has 0 aliphatic heterocycles. The molecule has 2 aliphatic carbocycles. The number of halogens is 2. The van der Waals surface area contributed by atoms with Crippen molar-refractivity contribution in [3.63, 3.8) is 0 Å². The van der Waals surface area contributed by atoms with E-state index in [-0.39, 0.29) is 24.8 Å². The number of rotatable bonds is 12. The predicted molar refractivity (Wildman–Crippen MR) is 344 cm³/mol. The van der Waals surface area contributed by atoms with Crippen molar-refractivity contribution in [3.05, 3.63) is 298 Å². The van der Waals surface area contributed by atoms with Gasteiger partial charge in [0.2, 0.25) is 0 Å². The van der Waals surface area contributed by atoms with Crippen molar-refractivity contribution in [3.8, 4) is 0 Å². The van der Waals surface area contributed by atoms with Crippen molar-refractivity contribution >= 4 is 49.5 Å². The van der Waals surface area contributed by atoms with Gasteiger partial charge in [0, 0.05) is 0 Å². The van der Waals surface area contributed by atoms with Crippen LogP contribution in [0.5, 0.6) is 0 Å². The van der Waals surface area contributed by atoms with Gasteiger partial charge in [0.15, 0.2) is 0 Å². The molecule has 0 N–H and O–H groups in total. The molecule has 0 nitrogen and oxygen atoms in total. The molecule has 0 saturated carbocycles. The van der Waals surface area contributed by atoms with Gasteiger partial charge < -0.3 is 24.8 Å². The van der Waals surface area contributed by atoms with Crippen molar-refractivity contribution in [2.75, 3.05) is 0 Å². The number of aryl methyl sites for hydroxylation is 4. The molecule has 2 unspecified atom stereocenters. The molecule has 0 heterocycles. The Labute approximate surface area is 534 Å². The van der Waals surface area contributed by atoms with Gasteiger partial charge in [-0.1, -0.05) is 162 Å². The summed E-state index contributed by atoms with van der Waals surface area (Å²) in [4.78, 5) is 0. The summed E-state index contributed by atoms with van der Waals surface area (Å²) in [5.74, 6) is 1.25. The zero-order valence-electron chi connectivity index (χ0n) is 49.5. The Morgan fingerprint density at radius 3 is 0.854 bits per heavy atom. The topological polar surface area (TPSA) is 0 Å². The fourth-order valence-electron chi connectivity index (χ4n) is 10.2. The van der Waals surface area contributed by atoms with Crippen molar-refractivity contribution in [2.45, 2.75) is 107 Å². The minimum atomic E-state index is 0. The van der Waals surface area contributed by atoms with E-state index in [9.17, 15) is 0 Å². The number of hydrogen-bond acceptors (Lipinski definition) is 0. The molecule has 0 radical (unpaired) electrons. The molecule has 4 heteroatoms. The van der Waals surface area contributed by atoms with E-state index in [4.69, 9.17) is 0 Å². The second kappa shape index (κ2) is 35.6. The van der Waals surface area contributed by atoms with Crippen LogP contribution in [0.25, 0.3) is 43.1 Å². The van der Waals surface area contributed by atoms with Gasteiger partial charge in [-0.2, -0.15) is 12.2 Å². The summed E-state index contributed by atoms with van der Waals surface area (Å²) >= 11 is 2.92. The van der Waals surface area contributed by atoms with Gasteiger partial charge in [-0.3, -0.25) is 12.2 Å². The van der Waals surface area contributed by atoms with Crippen LogP contribution < -0.4 is 24.8 Å². The van der Waals surface area contributed by atoms with Gasteiger partial charge in [0.1, 0.15) is 0 Å². The first-order valence-corrected chi connectivity index (χ1v) is 31.5. The zero-order valence-corrected chi connectivity index (χ0v) is 55.9. The molecule has 0 saturated heterocycles. The molecule has 0 fully saturated rings. The molecule has 10 aromatic carbocycles. The van der Waals surface area contributed by atoms with E-state index in [2.05, 4.69) is 298 Å². The number of fused-ring (bicyclic) bond motifs is 6. The Balaban J connectivity index is 0.000000180. The zero-order chi connectivity index (χ0) is 56.6. The third kappa shape index (κ3) is 20.4. The van der Waals surface area contributed by atoms with Crippen LogP contribution in [0, 0.1) is 51.7 Å². The van der Waals surface area contributed by atoms with Crippen molar-refractivity contribution < 1.29 is 73.3 Å². The van der Waals surface area contributed by atoms with E-state index in [1.54, 1.807) is 0 Å². The summed E-state index contributed by atoms with van der Waals surface area (Å²) in [5, 5.41) is 10.9. The summed E-state index contributed by atoms with van der Waals surface area (Å²) in [6, 6.07) is 73.4. The van der Waals surface area contributed by atoms with E-state index < -0.39 is 0 Å². The quantitative estimate of drug-likeness (QED) is 0.107. The van der Waals surface area contributed by atoms with Gasteiger partial charge >= 0.3 is 198 Å². The average molecular weight is 1270 g/mol. The third-order valence-corrected chi connectivity index (χ3v) is 17.2. The van der Waals surface area contributed by atoms with E-state index in [0.29, 0.717) is 11.8 Å². The standard InChI is InChI=1S/2C15H13.2C13H10.2C11H17.2ClH.2Zr/c2*1-10-3-5-14-12(7-10)9-13-8-11(2)4-6-15(13)14;2*1-3-7-12(8-4-1)11-13-9-5-2-6-10-13;2*1-3-5-10-7-8-11(9-10)6-4-2;;;;/h2*3-9H,1-2H3;2*1-10H;2*7-8,10H,3-6H2,1-2H3;2*1H;;/q2*-1;;;2*-1;;;2*+2/p-2. The molecular formula is C78H80Cl2Zr2-2. The maximum absolute atomic E-state index is 3.50. The molecule has 10 aromatic rings. The fourth-order valence-corrected chi connectivity index (χ4v) is 11.9. The van der Waals surface area contributed by atoms with E-state index in [1.807, 2.05) is 0 Å². The van der Waals surface area contributed by atoms with Crippen LogP contribution in [0.2, 0.25) is 0 Å². The molecule has 0 amide bonds. The molecular weight excluding hydrogens is 1190 g/mol. The molecule has 416 valence electrons. The molecule has 0 bridgehead atoms. The number of benzene rings is 8. The fraction of sp³-hybridized carbons (Fsp3) is 0.231. The van der Waals surface area contributed by atoms with Crippen LogP contribution >= 0.6 is 0 Å². The second-order valence-electron chi connectivity index (χ2n) is 21.2.